The molecule has 0 spiro atoms. The summed E-state index contributed by atoms with van der Waals surface area (Å²) in [6, 6.07) is 6.90. The molecule has 1 saturated heterocycles. The van der Waals surface area contributed by atoms with Crippen LogP contribution in [0.25, 0.3) is 0 Å². The minimum atomic E-state index is -0.198. The molecule has 4 rings (SSSR count). The number of carbonyl (C=O) groups excluding carboxylic acids is 1. The van der Waals surface area contributed by atoms with Gasteiger partial charge in [-0.3, -0.25) is 4.79 Å². The fourth-order valence-electron chi connectivity index (χ4n) is 3.93. The highest BCUT2D eigenvalue weighted by Gasteiger charge is 2.31. The van der Waals surface area contributed by atoms with Crippen LogP contribution < -0.4 is 4.90 Å². The van der Waals surface area contributed by atoms with E-state index >= 15 is 0 Å². The molecule has 5 nitrogen and oxygen atoms in total. The highest BCUT2D eigenvalue weighted by atomic mass is 19.1. The standard InChI is InChI=1S/C23H29FN4O/c1-15(2)23(29)28-12-10-27(11-13-28)22-19(14-18-6-4-5-7-20(18)24)16(3)25-21(26-22)17-8-9-17/h4-7,15,17H,8-14H2,1-3H3. The molecule has 29 heavy (non-hydrogen) atoms. The van der Waals surface area contributed by atoms with Crippen LogP contribution in [0.4, 0.5) is 10.2 Å². The predicted molar refractivity (Wildman–Crippen MR) is 112 cm³/mol. The average molecular weight is 397 g/mol. The maximum absolute atomic E-state index is 14.3. The highest BCUT2D eigenvalue weighted by molar-refractivity contribution is 5.78. The lowest BCUT2D eigenvalue weighted by atomic mass is 10.0. The number of aryl methyl sites for hydroxylation is 1. The molecule has 2 heterocycles. The van der Waals surface area contributed by atoms with E-state index in [1.807, 2.05) is 37.8 Å². The molecule has 1 saturated carbocycles. The molecule has 154 valence electrons. The molecule has 0 radical (unpaired) electrons. The molecule has 2 aliphatic rings. The van der Waals surface area contributed by atoms with Crippen LogP contribution in [-0.2, 0) is 11.2 Å². The van der Waals surface area contributed by atoms with Gasteiger partial charge in [-0.2, -0.15) is 0 Å². The van der Waals surface area contributed by atoms with Gasteiger partial charge in [0.1, 0.15) is 17.5 Å². The number of hydrogen-bond donors (Lipinski definition) is 0. The van der Waals surface area contributed by atoms with Gasteiger partial charge in [0, 0.05) is 55.7 Å². The summed E-state index contributed by atoms with van der Waals surface area (Å²) < 4.78 is 14.3. The van der Waals surface area contributed by atoms with Gasteiger partial charge < -0.3 is 9.80 Å². The second kappa shape index (κ2) is 8.09. The number of benzene rings is 1. The Morgan fingerprint density at radius 2 is 1.83 bits per heavy atom. The first-order valence-corrected chi connectivity index (χ1v) is 10.6. The summed E-state index contributed by atoms with van der Waals surface area (Å²) in [4.78, 5) is 26.2. The van der Waals surface area contributed by atoms with E-state index in [0.717, 1.165) is 48.8 Å². The van der Waals surface area contributed by atoms with Crippen LogP contribution >= 0.6 is 0 Å². The second-order valence-electron chi connectivity index (χ2n) is 8.48. The molecule has 2 fully saturated rings. The Bertz CT molecular complexity index is 902. The summed E-state index contributed by atoms with van der Waals surface area (Å²) in [5, 5.41) is 0. The lowest BCUT2D eigenvalue weighted by Crippen LogP contribution is -2.50. The van der Waals surface area contributed by atoms with Crippen LogP contribution in [0.3, 0.4) is 0 Å². The molecule has 1 amide bonds. The van der Waals surface area contributed by atoms with E-state index in [1.165, 1.54) is 6.07 Å². The molecule has 0 N–H and O–H groups in total. The summed E-state index contributed by atoms with van der Waals surface area (Å²) in [7, 11) is 0. The van der Waals surface area contributed by atoms with Gasteiger partial charge in [-0.1, -0.05) is 32.0 Å². The number of halogens is 1. The third-order valence-electron chi connectivity index (χ3n) is 5.86. The van der Waals surface area contributed by atoms with Crippen molar-refractivity contribution in [1.82, 2.24) is 14.9 Å². The Morgan fingerprint density at radius 1 is 1.14 bits per heavy atom. The summed E-state index contributed by atoms with van der Waals surface area (Å²) in [5.41, 5.74) is 2.58. The van der Waals surface area contributed by atoms with Gasteiger partial charge in [0.15, 0.2) is 0 Å². The number of anilines is 1. The number of aromatic nitrogens is 2. The van der Waals surface area contributed by atoms with Gasteiger partial charge in [-0.05, 0) is 31.4 Å². The van der Waals surface area contributed by atoms with Crippen molar-refractivity contribution in [2.24, 2.45) is 5.92 Å². The minimum Gasteiger partial charge on any atom is -0.353 e. The van der Waals surface area contributed by atoms with Crippen LogP contribution in [0.2, 0.25) is 0 Å². The molecular weight excluding hydrogens is 367 g/mol. The van der Waals surface area contributed by atoms with Crippen molar-refractivity contribution in [3.8, 4) is 0 Å². The van der Waals surface area contributed by atoms with Gasteiger partial charge in [0.05, 0.1) is 0 Å². The maximum Gasteiger partial charge on any atom is 0.225 e. The van der Waals surface area contributed by atoms with Crippen LogP contribution in [0.5, 0.6) is 0 Å². The van der Waals surface area contributed by atoms with Crippen molar-refractivity contribution in [2.75, 3.05) is 31.1 Å². The topological polar surface area (TPSA) is 49.3 Å². The number of piperazine rings is 1. The van der Waals surface area contributed by atoms with E-state index in [9.17, 15) is 9.18 Å². The Kier molecular flexibility index (Phi) is 5.52. The SMILES string of the molecule is Cc1nc(C2CC2)nc(N2CCN(C(=O)C(C)C)CC2)c1Cc1ccccc1F. The second-order valence-corrected chi connectivity index (χ2v) is 8.48. The lowest BCUT2D eigenvalue weighted by molar-refractivity contribution is -0.134. The summed E-state index contributed by atoms with van der Waals surface area (Å²) in [5.74, 6) is 2.31. The zero-order chi connectivity index (χ0) is 20.5. The third-order valence-corrected chi connectivity index (χ3v) is 5.86. The normalized spacial score (nSPS) is 17.1. The smallest absolute Gasteiger partial charge is 0.225 e. The molecule has 0 bridgehead atoms. The fourth-order valence-corrected chi connectivity index (χ4v) is 3.93. The quantitative estimate of drug-likeness (QED) is 0.773. The van der Waals surface area contributed by atoms with E-state index in [-0.39, 0.29) is 17.6 Å². The van der Waals surface area contributed by atoms with Crippen LogP contribution in [0.15, 0.2) is 24.3 Å². The van der Waals surface area contributed by atoms with Crippen molar-refractivity contribution in [1.29, 1.82) is 0 Å². The number of hydrogen-bond acceptors (Lipinski definition) is 4. The molecule has 1 aromatic carbocycles. The monoisotopic (exact) mass is 396 g/mol. The lowest BCUT2D eigenvalue weighted by Gasteiger charge is -2.37. The number of rotatable bonds is 5. The third kappa shape index (κ3) is 4.26. The number of nitrogens with zero attached hydrogens (tertiary/aromatic N) is 4. The Labute approximate surface area is 172 Å². The first-order chi connectivity index (χ1) is 13.9. The van der Waals surface area contributed by atoms with Crippen LogP contribution in [-0.4, -0.2) is 47.0 Å². The molecular formula is C23H29FN4O. The molecule has 1 aliphatic heterocycles. The molecule has 0 unspecified atom stereocenters. The Hall–Kier alpha value is -2.50. The molecule has 0 atom stereocenters. The fraction of sp³-hybridized carbons (Fsp3) is 0.522. The van der Waals surface area contributed by atoms with Crippen molar-refractivity contribution >= 4 is 11.7 Å². The Morgan fingerprint density at radius 3 is 2.45 bits per heavy atom. The predicted octanol–water partition coefficient (Wildman–Crippen LogP) is 3.70. The van der Waals surface area contributed by atoms with Crippen molar-refractivity contribution in [3.05, 3.63) is 52.7 Å². The van der Waals surface area contributed by atoms with Gasteiger partial charge in [0.25, 0.3) is 0 Å². The van der Waals surface area contributed by atoms with Crippen molar-refractivity contribution in [3.63, 3.8) is 0 Å². The summed E-state index contributed by atoms with van der Waals surface area (Å²) in [6.45, 7) is 8.75. The molecule has 1 aliphatic carbocycles. The molecule has 6 heteroatoms. The number of amides is 1. The Balaban J connectivity index is 1.63. The van der Waals surface area contributed by atoms with E-state index in [4.69, 9.17) is 9.97 Å². The minimum absolute atomic E-state index is 0.0148. The maximum atomic E-state index is 14.3. The average Bonchev–Trinajstić information content (AvgIpc) is 3.55. The van der Waals surface area contributed by atoms with Crippen LogP contribution in [0.1, 0.15) is 55.3 Å². The summed E-state index contributed by atoms with van der Waals surface area (Å²) >= 11 is 0. The highest BCUT2D eigenvalue weighted by Crippen LogP contribution is 2.39. The largest absolute Gasteiger partial charge is 0.353 e. The zero-order valence-electron chi connectivity index (χ0n) is 17.5. The van der Waals surface area contributed by atoms with Gasteiger partial charge in [-0.25, -0.2) is 14.4 Å². The van der Waals surface area contributed by atoms with Gasteiger partial charge >= 0.3 is 0 Å². The van der Waals surface area contributed by atoms with Crippen molar-refractivity contribution < 1.29 is 9.18 Å². The van der Waals surface area contributed by atoms with Crippen LogP contribution in [0, 0.1) is 18.7 Å². The summed E-state index contributed by atoms with van der Waals surface area (Å²) in [6.07, 6.45) is 2.76. The molecule has 1 aromatic heterocycles. The first-order valence-electron chi connectivity index (χ1n) is 10.6. The van der Waals surface area contributed by atoms with E-state index in [1.54, 1.807) is 6.07 Å². The molecule has 2 aromatic rings. The van der Waals surface area contributed by atoms with E-state index < -0.39 is 0 Å². The first kappa shape index (κ1) is 19.8. The van der Waals surface area contributed by atoms with Gasteiger partial charge in [0.2, 0.25) is 5.91 Å². The van der Waals surface area contributed by atoms with Crippen molar-refractivity contribution in [2.45, 2.75) is 46.0 Å². The zero-order valence-corrected chi connectivity index (χ0v) is 17.5. The van der Waals surface area contributed by atoms with E-state index in [2.05, 4.69) is 4.90 Å². The van der Waals surface area contributed by atoms with Gasteiger partial charge in [-0.15, -0.1) is 0 Å². The van der Waals surface area contributed by atoms with E-state index in [0.29, 0.717) is 31.0 Å². The number of carbonyl (C=O) groups is 1.